The van der Waals surface area contributed by atoms with Gasteiger partial charge in [0.1, 0.15) is 0 Å². The summed E-state index contributed by atoms with van der Waals surface area (Å²) in [5.41, 5.74) is 3.35. The van der Waals surface area contributed by atoms with Crippen LogP contribution in [0.4, 0.5) is 0 Å². The maximum Gasteiger partial charge on any atom is 0.220 e. The highest BCUT2D eigenvalue weighted by atomic mass is 16.3. The third-order valence-corrected chi connectivity index (χ3v) is 4.67. The molecule has 0 bridgehead atoms. The van der Waals surface area contributed by atoms with Crippen LogP contribution >= 0.6 is 0 Å². The third kappa shape index (κ3) is 4.30. The average Bonchev–Trinajstić information content (AvgIpc) is 2.69. The van der Waals surface area contributed by atoms with E-state index in [1.54, 1.807) is 0 Å². The Balaban J connectivity index is 1.72. The topological polar surface area (TPSA) is 67.2 Å². The van der Waals surface area contributed by atoms with Crippen molar-refractivity contribution in [3.05, 3.63) is 17.0 Å². The van der Waals surface area contributed by atoms with Crippen LogP contribution < -0.4 is 5.32 Å². The Hall–Kier alpha value is -1.36. The van der Waals surface area contributed by atoms with Crippen LogP contribution in [0.15, 0.2) is 0 Å². The number of hydrogen-bond acceptors (Lipinski definition) is 3. The number of hydrogen-bond donors (Lipinski definition) is 2. The molecule has 1 amide bonds. The van der Waals surface area contributed by atoms with Crippen molar-refractivity contribution in [1.82, 2.24) is 15.1 Å². The van der Waals surface area contributed by atoms with Crippen LogP contribution in [-0.4, -0.2) is 33.4 Å². The summed E-state index contributed by atoms with van der Waals surface area (Å²) < 4.78 is 1.87. The number of amides is 1. The van der Waals surface area contributed by atoms with Crippen molar-refractivity contribution in [3.63, 3.8) is 0 Å². The van der Waals surface area contributed by atoms with Gasteiger partial charge in [0.2, 0.25) is 5.91 Å². The smallest absolute Gasteiger partial charge is 0.220 e. The molecule has 1 aliphatic carbocycles. The molecular formula is C16H27N3O2. The number of carbonyl (C=O) groups excluding carboxylic acids is 1. The summed E-state index contributed by atoms with van der Waals surface area (Å²) >= 11 is 0. The van der Waals surface area contributed by atoms with E-state index in [2.05, 4.69) is 10.4 Å². The first-order valence-electron chi connectivity index (χ1n) is 7.91. The van der Waals surface area contributed by atoms with Crippen LogP contribution in [0.1, 0.15) is 49.1 Å². The Morgan fingerprint density at radius 2 is 2.00 bits per heavy atom. The summed E-state index contributed by atoms with van der Waals surface area (Å²) in [5, 5.41) is 16.9. The van der Waals surface area contributed by atoms with E-state index in [0.29, 0.717) is 12.3 Å². The molecule has 0 unspecified atom stereocenters. The Kier molecular flexibility index (Phi) is 5.39. The molecular weight excluding hydrogens is 266 g/mol. The predicted molar refractivity (Wildman–Crippen MR) is 82.0 cm³/mol. The van der Waals surface area contributed by atoms with Crippen molar-refractivity contribution in [1.29, 1.82) is 0 Å². The van der Waals surface area contributed by atoms with Gasteiger partial charge in [0, 0.05) is 25.7 Å². The second kappa shape index (κ2) is 7.07. The van der Waals surface area contributed by atoms with Crippen LogP contribution in [0.3, 0.4) is 0 Å². The first kappa shape index (κ1) is 16.0. The monoisotopic (exact) mass is 293 g/mol. The molecule has 1 saturated carbocycles. The first-order chi connectivity index (χ1) is 9.97. The second-order valence-corrected chi connectivity index (χ2v) is 6.25. The van der Waals surface area contributed by atoms with Crippen molar-refractivity contribution in [2.75, 3.05) is 6.54 Å². The number of aliphatic hydroxyl groups is 1. The van der Waals surface area contributed by atoms with Crippen LogP contribution in [0.5, 0.6) is 0 Å². The lowest BCUT2D eigenvalue weighted by molar-refractivity contribution is -0.121. The van der Waals surface area contributed by atoms with E-state index in [9.17, 15) is 9.90 Å². The molecule has 118 valence electrons. The summed E-state index contributed by atoms with van der Waals surface area (Å²) in [6.45, 7) is 4.78. The van der Waals surface area contributed by atoms with Gasteiger partial charge >= 0.3 is 0 Å². The fraction of sp³-hybridized carbons (Fsp3) is 0.750. The third-order valence-electron chi connectivity index (χ3n) is 4.67. The fourth-order valence-electron chi connectivity index (χ4n) is 3.11. The average molecular weight is 293 g/mol. The first-order valence-corrected chi connectivity index (χ1v) is 7.91. The largest absolute Gasteiger partial charge is 0.393 e. The van der Waals surface area contributed by atoms with Gasteiger partial charge in [0.05, 0.1) is 11.8 Å². The molecule has 1 aromatic rings. The number of carbonyl (C=O) groups is 1. The molecule has 2 N–H and O–H groups in total. The number of nitrogens with one attached hydrogen (secondary N) is 1. The minimum absolute atomic E-state index is 0.115. The molecule has 0 radical (unpaired) electrons. The van der Waals surface area contributed by atoms with Gasteiger partial charge in [-0.3, -0.25) is 9.48 Å². The standard InChI is InChI=1S/C16H27N3O2/c1-11-15(12(2)19(3)18-11)8-9-16(21)17-10-13-4-6-14(20)7-5-13/h13-14,20H,4-10H2,1-3H3,(H,17,21). The van der Waals surface area contributed by atoms with Gasteiger partial charge in [-0.15, -0.1) is 0 Å². The molecule has 1 heterocycles. The Morgan fingerprint density at radius 1 is 1.33 bits per heavy atom. The van der Waals surface area contributed by atoms with E-state index >= 15 is 0 Å². The molecule has 5 nitrogen and oxygen atoms in total. The molecule has 21 heavy (non-hydrogen) atoms. The molecule has 0 aliphatic heterocycles. The molecule has 0 atom stereocenters. The van der Waals surface area contributed by atoms with Gasteiger partial charge in [-0.1, -0.05) is 0 Å². The summed E-state index contributed by atoms with van der Waals surface area (Å²) in [4.78, 5) is 12.0. The normalized spacial score (nSPS) is 22.3. The van der Waals surface area contributed by atoms with Gasteiger partial charge in [-0.2, -0.15) is 5.10 Å². The zero-order valence-corrected chi connectivity index (χ0v) is 13.4. The van der Waals surface area contributed by atoms with Crippen LogP contribution in [0.25, 0.3) is 0 Å². The highest BCUT2D eigenvalue weighted by molar-refractivity contribution is 5.76. The summed E-state index contributed by atoms with van der Waals surface area (Å²) in [5.74, 6) is 0.642. The lowest BCUT2D eigenvalue weighted by atomic mass is 9.87. The maximum atomic E-state index is 12.0. The van der Waals surface area contributed by atoms with Gasteiger partial charge in [0.15, 0.2) is 0 Å². The van der Waals surface area contributed by atoms with Gasteiger partial charge in [-0.05, 0) is 57.4 Å². The molecule has 1 aliphatic rings. The van der Waals surface area contributed by atoms with Gasteiger partial charge in [0.25, 0.3) is 0 Å². The summed E-state index contributed by atoms with van der Waals surface area (Å²) in [6.07, 6.45) is 4.91. The van der Waals surface area contributed by atoms with E-state index in [-0.39, 0.29) is 12.0 Å². The van der Waals surface area contributed by atoms with Crippen LogP contribution in [0.2, 0.25) is 0 Å². The zero-order valence-electron chi connectivity index (χ0n) is 13.4. The zero-order chi connectivity index (χ0) is 15.4. The lowest BCUT2D eigenvalue weighted by Crippen LogP contribution is -2.32. The van der Waals surface area contributed by atoms with Crippen LogP contribution in [-0.2, 0) is 18.3 Å². The molecule has 0 saturated heterocycles. The van der Waals surface area contributed by atoms with Gasteiger partial charge < -0.3 is 10.4 Å². The van der Waals surface area contributed by atoms with E-state index in [0.717, 1.165) is 50.0 Å². The lowest BCUT2D eigenvalue weighted by Gasteiger charge is -2.25. The highest BCUT2D eigenvalue weighted by Gasteiger charge is 2.19. The van der Waals surface area contributed by atoms with E-state index in [1.807, 2.05) is 25.6 Å². The summed E-state index contributed by atoms with van der Waals surface area (Å²) in [6, 6.07) is 0. The number of aliphatic hydroxyl groups excluding tert-OH is 1. The molecule has 1 aromatic heterocycles. The number of rotatable bonds is 5. The molecule has 1 fully saturated rings. The number of nitrogens with zero attached hydrogens (tertiary/aromatic N) is 2. The molecule has 5 heteroatoms. The van der Waals surface area contributed by atoms with E-state index < -0.39 is 0 Å². The number of aryl methyl sites for hydroxylation is 2. The van der Waals surface area contributed by atoms with Crippen LogP contribution in [0, 0.1) is 19.8 Å². The van der Waals surface area contributed by atoms with Crippen molar-refractivity contribution >= 4 is 5.91 Å². The maximum absolute atomic E-state index is 12.0. The predicted octanol–water partition coefficient (Wildman–Crippen LogP) is 1.64. The SMILES string of the molecule is Cc1nn(C)c(C)c1CCC(=O)NCC1CCC(O)CC1. The van der Waals surface area contributed by atoms with Crippen molar-refractivity contribution < 1.29 is 9.90 Å². The molecule has 0 spiro atoms. The summed E-state index contributed by atoms with van der Waals surface area (Å²) in [7, 11) is 1.93. The number of aromatic nitrogens is 2. The van der Waals surface area contributed by atoms with Crippen molar-refractivity contribution in [3.8, 4) is 0 Å². The fourth-order valence-corrected chi connectivity index (χ4v) is 3.11. The highest BCUT2D eigenvalue weighted by Crippen LogP contribution is 2.23. The molecule has 0 aromatic carbocycles. The quantitative estimate of drug-likeness (QED) is 0.867. The minimum Gasteiger partial charge on any atom is -0.393 e. The molecule has 2 rings (SSSR count). The van der Waals surface area contributed by atoms with E-state index in [1.165, 1.54) is 5.56 Å². The Bertz CT molecular complexity index is 488. The Morgan fingerprint density at radius 3 is 2.57 bits per heavy atom. The van der Waals surface area contributed by atoms with E-state index in [4.69, 9.17) is 0 Å². The van der Waals surface area contributed by atoms with Crippen molar-refractivity contribution in [2.24, 2.45) is 13.0 Å². The van der Waals surface area contributed by atoms with Crippen molar-refractivity contribution in [2.45, 2.75) is 58.5 Å². The van der Waals surface area contributed by atoms with Gasteiger partial charge in [-0.25, -0.2) is 0 Å². The Labute approximate surface area is 126 Å². The second-order valence-electron chi connectivity index (χ2n) is 6.25. The minimum atomic E-state index is -0.131.